The molecule has 0 spiro atoms. The fourth-order valence-electron chi connectivity index (χ4n) is 2.26. The van der Waals surface area contributed by atoms with Crippen LogP contribution in [0.4, 0.5) is 4.39 Å². The lowest BCUT2D eigenvalue weighted by atomic mass is 10.1. The van der Waals surface area contributed by atoms with Gasteiger partial charge in [-0.2, -0.15) is 0 Å². The number of amides is 1. The Kier molecular flexibility index (Phi) is 5.69. The summed E-state index contributed by atoms with van der Waals surface area (Å²) >= 11 is 7.42. The topological polar surface area (TPSA) is 57.6 Å². The molecule has 7 heteroatoms. The number of carbonyl (C=O) groups is 2. The minimum atomic E-state index is -2.28. The first kappa shape index (κ1) is 17.1. The summed E-state index contributed by atoms with van der Waals surface area (Å²) in [6.07, 6.45) is 0.832. The summed E-state index contributed by atoms with van der Waals surface area (Å²) in [7, 11) is 0. The Labute approximate surface area is 137 Å². The molecule has 1 atom stereocenters. The van der Waals surface area contributed by atoms with Gasteiger partial charge in [0.15, 0.2) is 0 Å². The van der Waals surface area contributed by atoms with Crippen molar-refractivity contribution < 1.29 is 19.1 Å². The van der Waals surface area contributed by atoms with Gasteiger partial charge in [-0.1, -0.05) is 11.6 Å². The molecule has 0 saturated carbocycles. The maximum Gasteiger partial charge on any atom is 0.343 e. The zero-order chi connectivity index (χ0) is 16.2. The van der Waals surface area contributed by atoms with E-state index >= 15 is 0 Å². The second-order valence-corrected chi connectivity index (χ2v) is 6.85. The van der Waals surface area contributed by atoms with Crippen LogP contribution in [0.5, 0.6) is 0 Å². The number of carboxylic acids is 1. The summed E-state index contributed by atoms with van der Waals surface area (Å²) in [5.41, 5.74) is -2.28. The van der Waals surface area contributed by atoms with Crippen molar-refractivity contribution in [3.63, 3.8) is 0 Å². The van der Waals surface area contributed by atoms with Crippen molar-refractivity contribution in [1.29, 1.82) is 0 Å². The molecule has 0 bridgehead atoms. The lowest BCUT2D eigenvalue weighted by Crippen LogP contribution is -2.38. The predicted molar refractivity (Wildman–Crippen MR) is 84.1 cm³/mol. The molecule has 0 aromatic heterocycles. The van der Waals surface area contributed by atoms with Crippen LogP contribution in [0.2, 0.25) is 5.02 Å². The van der Waals surface area contributed by atoms with E-state index < -0.39 is 11.6 Å². The lowest BCUT2D eigenvalue weighted by Gasteiger charge is -2.17. The molecule has 1 heterocycles. The average Bonchev–Trinajstić information content (AvgIpc) is 2.89. The Hall–Kier alpha value is -1.27. The van der Waals surface area contributed by atoms with Gasteiger partial charge in [0.05, 0.1) is 6.54 Å². The van der Waals surface area contributed by atoms with Crippen molar-refractivity contribution in [2.45, 2.75) is 29.8 Å². The summed E-state index contributed by atoms with van der Waals surface area (Å²) in [5, 5.41) is 9.49. The minimum Gasteiger partial charge on any atom is -0.479 e. The predicted octanol–water partition coefficient (Wildman–Crippen LogP) is 3.24. The fourth-order valence-corrected chi connectivity index (χ4v) is 3.24. The third-order valence-corrected chi connectivity index (χ3v) is 4.92. The number of nitrogens with zero attached hydrogens (tertiary/aromatic N) is 1. The van der Waals surface area contributed by atoms with E-state index in [0.717, 1.165) is 10.6 Å². The standard InChI is InChI=1S/C15H17ClFNO3S/c16-11-3-5-12(6-4-11)22-9-1-2-13(19)18-8-7-15(17,10-18)14(20)21/h3-6H,1-2,7-10H2,(H,20,21). The number of benzene rings is 1. The van der Waals surface area contributed by atoms with E-state index in [4.69, 9.17) is 16.7 Å². The molecular formula is C15H17ClFNO3S. The molecule has 22 heavy (non-hydrogen) atoms. The summed E-state index contributed by atoms with van der Waals surface area (Å²) in [6, 6.07) is 7.46. The van der Waals surface area contributed by atoms with Gasteiger partial charge in [0, 0.05) is 29.3 Å². The van der Waals surface area contributed by atoms with E-state index in [2.05, 4.69) is 0 Å². The highest BCUT2D eigenvalue weighted by atomic mass is 35.5. The van der Waals surface area contributed by atoms with Gasteiger partial charge in [-0.15, -0.1) is 11.8 Å². The van der Waals surface area contributed by atoms with E-state index in [-0.39, 0.29) is 25.4 Å². The average molecular weight is 346 g/mol. The molecule has 1 N–H and O–H groups in total. The van der Waals surface area contributed by atoms with Crippen molar-refractivity contribution in [2.24, 2.45) is 0 Å². The molecule has 120 valence electrons. The second kappa shape index (κ2) is 7.33. The van der Waals surface area contributed by atoms with E-state index in [0.29, 0.717) is 17.9 Å². The Morgan fingerprint density at radius 1 is 1.36 bits per heavy atom. The Balaban J connectivity index is 1.70. The zero-order valence-electron chi connectivity index (χ0n) is 11.9. The van der Waals surface area contributed by atoms with Gasteiger partial charge in [-0.05, 0) is 36.4 Å². The smallest absolute Gasteiger partial charge is 0.343 e. The number of halogens is 2. The summed E-state index contributed by atoms with van der Waals surface area (Å²) in [6.45, 7) is -0.169. The normalized spacial score (nSPS) is 21.1. The maximum atomic E-state index is 13.9. The monoisotopic (exact) mass is 345 g/mol. The van der Waals surface area contributed by atoms with Gasteiger partial charge in [0.25, 0.3) is 0 Å². The van der Waals surface area contributed by atoms with Crippen LogP contribution >= 0.6 is 23.4 Å². The molecule has 1 saturated heterocycles. The SMILES string of the molecule is O=C(CCCSc1ccc(Cl)cc1)N1CCC(F)(C(=O)O)C1. The third kappa shape index (κ3) is 4.36. The molecule has 1 aliphatic rings. The third-order valence-electron chi connectivity index (χ3n) is 3.57. The summed E-state index contributed by atoms with van der Waals surface area (Å²) in [4.78, 5) is 25.1. The highest BCUT2D eigenvalue weighted by Crippen LogP contribution is 2.27. The Morgan fingerprint density at radius 2 is 2.05 bits per heavy atom. The lowest BCUT2D eigenvalue weighted by molar-refractivity contribution is -0.150. The molecule has 1 fully saturated rings. The number of thioether (sulfide) groups is 1. The van der Waals surface area contributed by atoms with Crippen molar-refractivity contribution in [3.8, 4) is 0 Å². The molecule has 1 aliphatic heterocycles. The van der Waals surface area contributed by atoms with E-state index in [1.807, 2.05) is 24.3 Å². The van der Waals surface area contributed by atoms with E-state index in [1.165, 1.54) is 4.90 Å². The van der Waals surface area contributed by atoms with Crippen LogP contribution in [0.15, 0.2) is 29.2 Å². The number of likely N-dealkylation sites (tertiary alicyclic amines) is 1. The van der Waals surface area contributed by atoms with Crippen molar-refractivity contribution >= 4 is 35.2 Å². The number of hydrogen-bond donors (Lipinski definition) is 1. The zero-order valence-corrected chi connectivity index (χ0v) is 13.5. The number of carbonyl (C=O) groups excluding carboxylic acids is 1. The van der Waals surface area contributed by atoms with Gasteiger partial charge < -0.3 is 10.0 Å². The minimum absolute atomic E-state index is 0.131. The molecular weight excluding hydrogens is 329 g/mol. The van der Waals surface area contributed by atoms with Crippen molar-refractivity contribution in [3.05, 3.63) is 29.3 Å². The molecule has 2 rings (SSSR count). The number of hydrogen-bond acceptors (Lipinski definition) is 3. The first-order chi connectivity index (χ1) is 10.4. The van der Waals surface area contributed by atoms with Gasteiger partial charge in [-0.3, -0.25) is 4.79 Å². The summed E-state index contributed by atoms with van der Waals surface area (Å²) < 4.78 is 13.9. The molecule has 0 aliphatic carbocycles. The molecule has 1 aromatic carbocycles. The van der Waals surface area contributed by atoms with Crippen molar-refractivity contribution in [1.82, 2.24) is 4.90 Å². The van der Waals surface area contributed by atoms with Crippen LogP contribution in [0, 0.1) is 0 Å². The van der Waals surface area contributed by atoms with Crippen LogP contribution in [0.3, 0.4) is 0 Å². The highest BCUT2D eigenvalue weighted by Gasteiger charge is 2.46. The molecule has 1 aromatic rings. The quantitative estimate of drug-likeness (QED) is 0.635. The van der Waals surface area contributed by atoms with Crippen molar-refractivity contribution in [2.75, 3.05) is 18.8 Å². The number of carboxylic acid groups (broad SMARTS) is 1. The van der Waals surface area contributed by atoms with E-state index in [9.17, 15) is 14.0 Å². The Bertz CT molecular complexity index is 554. The summed E-state index contributed by atoms with van der Waals surface area (Å²) in [5.74, 6) is -0.903. The fraction of sp³-hybridized carbons (Fsp3) is 0.467. The van der Waals surface area contributed by atoms with Crippen LogP contribution in [-0.2, 0) is 9.59 Å². The van der Waals surface area contributed by atoms with Crippen LogP contribution < -0.4 is 0 Å². The van der Waals surface area contributed by atoms with Crippen LogP contribution in [0.1, 0.15) is 19.3 Å². The first-order valence-electron chi connectivity index (χ1n) is 6.99. The molecule has 4 nitrogen and oxygen atoms in total. The number of aliphatic carboxylic acids is 1. The number of alkyl halides is 1. The van der Waals surface area contributed by atoms with Crippen LogP contribution in [0.25, 0.3) is 0 Å². The van der Waals surface area contributed by atoms with Gasteiger partial charge in [-0.25, -0.2) is 9.18 Å². The maximum absolute atomic E-state index is 13.9. The Morgan fingerprint density at radius 3 is 2.64 bits per heavy atom. The molecule has 1 amide bonds. The van der Waals surface area contributed by atoms with E-state index in [1.54, 1.807) is 11.8 Å². The molecule has 0 radical (unpaired) electrons. The molecule has 1 unspecified atom stereocenters. The first-order valence-corrected chi connectivity index (χ1v) is 8.35. The van der Waals surface area contributed by atoms with Gasteiger partial charge in [0.1, 0.15) is 0 Å². The van der Waals surface area contributed by atoms with Crippen LogP contribution in [-0.4, -0.2) is 46.4 Å². The number of rotatable bonds is 6. The second-order valence-electron chi connectivity index (χ2n) is 5.24. The highest BCUT2D eigenvalue weighted by molar-refractivity contribution is 7.99. The van der Waals surface area contributed by atoms with Gasteiger partial charge in [0.2, 0.25) is 11.6 Å². The largest absolute Gasteiger partial charge is 0.479 e. The van der Waals surface area contributed by atoms with Gasteiger partial charge >= 0.3 is 5.97 Å².